The minimum atomic E-state index is -0.491. The van der Waals surface area contributed by atoms with Gasteiger partial charge in [0.15, 0.2) is 6.29 Å². The van der Waals surface area contributed by atoms with Gasteiger partial charge in [0.1, 0.15) is 12.2 Å². The molecule has 1 unspecified atom stereocenters. The molecule has 7 nitrogen and oxygen atoms in total. The van der Waals surface area contributed by atoms with Gasteiger partial charge in [0.05, 0.1) is 12.1 Å². The molecule has 1 heterocycles. The molecule has 1 aromatic rings. The molecule has 0 saturated carbocycles. The summed E-state index contributed by atoms with van der Waals surface area (Å²) >= 11 is 0. The molecule has 112 valence electrons. The molecule has 0 N–H and O–H groups in total. The second kappa shape index (κ2) is 7.08. The number of methoxy groups -OCH3 is 1. The highest BCUT2D eigenvalue weighted by Crippen LogP contribution is 2.25. The molecule has 3 atom stereocenters. The molecule has 1 saturated heterocycles. The SMILES string of the molecule is COC1C[C@H](OC(=O)c2ccc(C)cc2)[C@@H](CN=[N+]=[N-])O1. The quantitative estimate of drug-likeness (QED) is 0.360. The Kier molecular flexibility index (Phi) is 5.16. The van der Waals surface area contributed by atoms with Crippen LogP contribution in [0.3, 0.4) is 0 Å². The molecule has 2 rings (SSSR count). The first-order valence-corrected chi connectivity index (χ1v) is 6.60. The summed E-state index contributed by atoms with van der Waals surface area (Å²) < 4.78 is 16.1. The molecule has 0 spiro atoms. The van der Waals surface area contributed by atoms with Crippen molar-refractivity contribution in [2.24, 2.45) is 5.11 Å². The predicted octanol–water partition coefficient (Wildman–Crippen LogP) is 2.59. The van der Waals surface area contributed by atoms with Crippen LogP contribution in [0.25, 0.3) is 10.4 Å². The van der Waals surface area contributed by atoms with E-state index in [9.17, 15) is 4.79 Å². The van der Waals surface area contributed by atoms with E-state index in [0.717, 1.165) is 5.56 Å². The predicted molar refractivity (Wildman–Crippen MR) is 74.7 cm³/mol. The largest absolute Gasteiger partial charge is 0.456 e. The van der Waals surface area contributed by atoms with Gasteiger partial charge in [-0.05, 0) is 24.6 Å². The lowest BCUT2D eigenvalue weighted by molar-refractivity contribution is -0.115. The van der Waals surface area contributed by atoms with Crippen molar-refractivity contribution in [1.82, 2.24) is 0 Å². The summed E-state index contributed by atoms with van der Waals surface area (Å²) in [7, 11) is 1.51. The Morgan fingerprint density at radius 1 is 1.48 bits per heavy atom. The van der Waals surface area contributed by atoms with Crippen LogP contribution in [0.1, 0.15) is 22.3 Å². The fraction of sp³-hybridized carbons (Fsp3) is 0.500. The van der Waals surface area contributed by atoms with E-state index in [-0.39, 0.29) is 6.54 Å². The molecule has 0 amide bonds. The fourth-order valence-electron chi connectivity index (χ4n) is 2.13. The van der Waals surface area contributed by atoms with Crippen molar-refractivity contribution in [2.45, 2.75) is 31.8 Å². The lowest BCUT2D eigenvalue weighted by Crippen LogP contribution is -2.29. The number of hydrogen-bond donors (Lipinski definition) is 0. The molecule has 0 radical (unpaired) electrons. The van der Waals surface area contributed by atoms with Crippen LogP contribution in [0.15, 0.2) is 29.4 Å². The highest BCUT2D eigenvalue weighted by Gasteiger charge is 2.37. The van der Waals surface area contributed by atoms with Crippen LogP contribution >= 0.6 is 0 Å². The van der Waals surface area contributed by atoms with Crippen molar-refractivity contribution in [3.8, 4) is 0 Å². The van der Waals surface area contributed by atoms with Gasteiger partial charge in [0.25, 0.3) is 0 Å². The van der Waals surface area contributed by atoms with Crippen molar-refractivity contribution in [1.29, 1.82) is 0 Å². The standard InChI is InChI=1S/C14H17N3O4/c1-9-3-5-10(6-4-9)14(18)21-11-7-13(19-2)20-12(11)8-16-17-15/h3-6,11-13H,7-8H2,1-2H3/t11-,12+,13?/m0/s1. The van der Waals surface area contributed by atoms with Gasteiger partial charge in [-0.3, -0.25) is 0 Å². The first-order chi connectivity index (χ1) is 10.1. The number of nitrogens with zero attached hydrogens (tertiary/aromatic N) is 3. The lowest BCUT2D eigenvalue weighted by atomic mass is 10.1. The molecule has 0 aliphatic carbocycles. The van der Waals surface area contributed by atoms with Gasteiger partial charge in [-0.15, -0.1) is 0 Å². The Morgan fingerprint density at radius 2 is 2.19 bits per heavy atom. The number of rotatable bonds is 5. The summed E-state index contributed by atoms with van der Waals surface area (Å²) in [5.41, 5.74) is 9.93. The van der Waals surface area contributed by atoms with Crippen molar-refractivity contribution in [3.05, 3.63) is 45.8 Å². The monoisotopic (exact) mass is 291 g/mol. The van der Waals surface area contributed by atoms with E-state index in [4.69, 9.17) is 19.7 Å². The van der Waals surface area contributed by atoms with Crippen molar-refractivity contribution in [3.63, 3.8) is 0 Å². The van der Waals surface area contributed by atoms with Gasteiger partial charge in [0.2, 0.25) is 0 Å². The second-order valence-corrected chi connectivity index (χ2v) is 4.80. The van der Waals surface area contributed by atoms with Crippen molar-refractivity contribution in [2.75, 3.05) is 13.7 Å². The molecule has 7 heteroatoms. The third-order valence-electron chi connectivity index (χ3n) is 3.30. The maximum atomic E-state index is 12.1. The fourth-order valence-corrected chi connectivity index (χ4v) is 2.13. The van der Waals surface area contributed by atoms with Gasteiger partial charge in [-0.25, -0.2) is 4.79 Å². The van der Waals surface area contributed by atoms with Gasteiger partial charge < -0.3 is 14.2 Å². The molecule has 1 aliphatic heterocycles. The molecule has 1 aromatic carbocycles. The second-order valence-electron chi connectivity index (χ2n) is 4.80. The zero-order chi connectivity index (χ0) is 15.2. The Morgan fingerprint density at radius 3 is 2.81 bits per heavy atom. The van der Waals surface area contributed by atoms with Crippen LogP contribution in [0.4, 0.5) is 0 Å². The maximum absolute atomic E-state index is 12.1. The Labute approximate surface area is 122 Å². The first-order valence-electron chi connectivity index (χ1n) is 6.60. The van der Waals surface area contributed by atoms with Crippen LogP contribution in [0.2, 0.25) is 0 Å². The molecule has 1 aliphatic rings. The smallest absolute Gasteiger partial charge is 0.338 e. The van der Waals surface area contributed by atoms with Crippen LogP contribution in [-0.2, 0) is 14.2 Å². The summed E-state index contributed by atoms with van der Waals surface area (Å²) in [6, 6.07) is 7.11. The van der Waals surface area contributed by atoms with E-state index in [1.807, 2.05) is 19.1 Å². The number of carbonyl (C=O) groups excluding carboxylic acids is 1. The van der Waals surface area contributed by atoms with Crippen LogP contribution in [0.5, 0.6) is 0 Å². The normalized spacial score (nSPS) is 24.4. The van der Waals surface area contributed by atoms with Crippen LogP contribution in [0, 0.1) is 6.92 Å². The summed E-state index contributed by atoms with van der Waals surface area (Å²) in [6.45, 7) is 2.04. The van der Waals surface area contributed by atoms with E-state index in [2.05, 4.69) is 10.0 Å². The van der Waals surface area contributed by atoms with E-state index in [0.29, 0.717) is 12.0 Å². The Bertz CT molecular complexity index is 540. The molecule has 21 heavy (non-hydrogen) atoms. The van der Waals surface area contributed by atoms with E-state index < -0.39 is 24.5 Å². The number of hydrogen-bond acceptors (Lipinski definition) is 5. The first kappa shape index (κ1) is 15.3. The molecular weight excluding hydrogens is 274 g/mol. The number of azide groups is 1. The van der Waals surface area contributed by atoms with Gasteiger partial charge >= 0.3 is 5.97 Å². The average Bonchev–Trinajstić information content (AvgIpc) is 2.88. The van der Waals surface area contributed by atoms with Crippen LogP contribution < -0.4 is 0 Å². The number of ether oxygens (including phenoxy) is 3. The zero-order valence-corrected chi connectivity index (χ0v) is 11.9. The number of aryl methyl sites for hydroxylation is 1. The lowest BCUT2D eigenvalue weighted by Gasteiger charge is -2.16. The van der Waals surface area contributed by atoms with Gasteiger partial charge in [0, 0.05) is 18.4 Å². The highest BCUT2D eigenvalue weighted by atomic mass is 16.7. The van der Waals surface area contributed by atoms with Crippen molar-refractivity contribution >= 4 is 5.97 Å². The molecule has 1 fully saturated rings. The van der Waals surface area contributed by atoms with E-state index in [1.54, 1.807) is 12.1 Å². The summed E-state index contributed by atoms with van der Waals surface area (Å²) in [5.74, 6) is -0.425. The Balaban J connectivity index is 2.03. The molecule has 0 bridgehead atoms. The van der Waals surface area contributed by atoms with Gasteiger partial charge in [-0.2, -0.15) is 0 Å². The number of esters is 1. The van der Waals surface area contributed by atoms with Crippen LogP contribution in [-0.4, -0.2) is 38.1 Å². The third-order valence-corrected chi connectivity index (χ3v) is 3.30. The van der Waals surface area contributed by atoms with E-state index >= 15 is 0 Å². The summed E-state index contributed by atoms with van der Waals surface area (Å²) in [5, 5.41) is 3.47. The highest BCUT2D eigenvalue weighted by molar-refractivity contribution is 5.89. The van der Waals surface area contributed by atoms with Crippen molar-refractivity contribution < 1.29 is 19.0 Å². The minimum Gasteiger partial charge on any atom is -0.456 e. The van der Waals surface area contributed by atoms with E-state index in [1.165, 1.54) is 7.11 Å². The number of carbonyl (C=O) groups is 1. The van der Waals surface area contributed by atoms with Gasteiger partial charge in [-0.1, -0.05) is 22.8 Å². The molecular formula is C14H17N3O4. The zero-order valence-electron chi connectivity index (χ0n) is 11.9. The summed E-state index contributed by atoms with van der Waals surface area (Å²) in [6.07, 6.45) is -1.02. The third kappa shape index (κ3) is 3.95. The summed E-state index contributed by atoms with van der Waals surface area (Å²) in [4.78, 5) is 14.8. The molecule has 0 aromatic heterocycles. The topological polar surface area (TPSA) is 93.5 Å². The minimum absolute atomic E-state index is 0.0994. The average molecular weight is 291 g/mol. The number of benzene rings is 1. The maximum Gasteiger partial charge on any atom is 0.338 e. The Hall–Kier alpha value is -2.08.